The molecule has 2 aliphatic heterocycles. The first-order valence-corrected chi connectivity index (χ1v) is 13.8. The Kier molecular flexibility index (Phi) is 6.83. The molecule has 2 aromatic heterocycles. The number of nitrogens with zero attached hydrogens (tertiary/aromatic N) is 5. The van der Waals surface area contributed by atoms with Crippen LogP contribution in [-0.4, -0.2) is 100 Å². The van der Waals surface area contributed by atoms with Crippen molar-refractivity contribution in [3.05, 3.63) is 42.0 Å². The van der Waals surface area contributed by atoms with Crippen molar-refractivity contribution in [3.8, 4) is 11.5 Å². The van der Waals surface area contributed by atoms with E-state index in [0.717, 1.165) is 53.9 Å². The van der Waals surface area contributed by atoms with E-state index < -0.39 is 5.60 Å². The molecule has 0 radical (unpaired) electrons. The van der Waals surface area contributed by atoms with E-state index in [1.165, 1.54) is 0 Å². The van der Waals surface area contributed by atoms with Gasteiger partial charge in [-0.3, -0.25) is 9.89 Å². The lowest BCUT2D eigenvalue weighted by atomic mass is 10.1. The molecular formula is C29H35N7O4. The van der Waals surface area contributed by atoms with Crippen molar-refractivity contribution in [3.63, 3.8) is 0 Å². The van der Waals surface area contributed by atoms with Gasteiger partial charge in [0.15, 0.2) is 5.82 Å². The first kappa shape index (κ1) is 26.1. The number of aromatic nitrogens is 4. The fourth-order valence-corrected chi connectivity index (χ4v) is 5.27. The van der Waals surface area contributed by atoms with Crippen molar-refractivity contribution in [2.24, 2.45) is 0 Å². The number of rotatable bonds is 3. The average Bonchev–Trinajstić information content (AvgIpc) is 3.47. The summed E-state index contributed by atoms with van der Waals surface area (Å²) in [6.07, 6.45) is 0.351. The molecule has 0 atom stereocenters. The molecule has 2 aromatic carbocycles. The van der Waals surface area contributed by atoms with Gasteiger partial charge in [-0.2, -0.15) is 5.10 Å². The Labute approximate surface area is 232 Å². The van der Waals surface area contributed by atoms with Gasteiger partial charge in [0.25, 0.3) is 5.91 Å². The second kappa shape index (κ2) is 10.5. The number of hydrogen-bond donors (Lipinski definition) is 2. The summed E-state index contributed by atoms with van der Waals surface area (Å²) < 4.78 is 11.0. The predicted octanol–water partition coefficient (Wildman–Crippen LogP) is 4.03. The number of benzene rings is 2. The summed E-state index contributed by atoms with van der Waals surface area (Å²) in [5, 5.41) is 8.43. The van der Waals surface area contributed by atoms with Crippen LogP contribution in [0.15, 0.2) is 36.4 Å². The third kappa shape index (κ3) is 5.33. The van der Waals surface area contributed by atoms with Crippen LogP contribution in [0.2, 0.25) is 0 Å². The van der Waals surface area contributed by atoms with Gasteiger partial charge in [-0.15, -0.1) is 0 Å². The summed E-state index contributed by atoms with van der Waals surface area (Å²) in [7, 11) is 0. The largest absolute Gasteiger partial charge is 0.444 e. The number of aromatic amines is 2. The summed E-state index contributed by atoms with van der Waals surface area (Å²) in [5.74, 6) is 0.576. The standard InChI is InChI=1S/C29H35N7O4/c1-29(2,3)40-28(38)36-10-4-9-35(11-12-36)27(37)19-5-7-22-21(17-19)25(33-32-22)26-30-23-8-6-20(18-24(23)31-26)34-13-15-39-16-14-34/h5-8,17-18H,4,9-16H2,1-3H3,(H,30,31)(H,32,33). The lowest BCUT2D eigenvalue weighted by Gasteiger charge is -2.28. The lowest BCUT2D eigenvalue weighted by Crippen LogP contribution is -2.40. The SMILES string of the molecule is CC(C)(C)OC(=O)N1CCCN(C(=O)c2ccc3[nH]nc(-c4nc5ccc(N6CCOCC6)cc5[nH]4)c3c2)CC1. The van der Waals surface area contributed by atoms with Crippen molar-refractivity contribution in [1.82, 2.24) is 30.0 Å². The molecule has 2 amide bonds. The first-order valence-electron chi connectivity index (χ1n) is 13.8. The van der Waals surface area contributed by atoms with Gasteiger partial charge in [-0.05, 0) is 63.6 Å². The fourth-order valence-electron chi connectivity index (χ4n) is 5.27. The minimum atomic E-state index is -0.554. The lowest BCUT2D eigenvalue weighted by molar-refractivity contribution is 0.0255. The topological polar surface area (TPSA) is 120 Å². The molecule has 2 fully saturated rings. The molecule has 4 heterocycles. The van der Waals surface area contributed by atoms with Crippen LogP contribution < -0.4 is 4.90 Å². The summed E-state index contributed by atoms with van der Waals surface area (Å²) in [4.78, 5) is 40.1. The molecule has 0 bridgehead atoms. The zero-order chi connectivity index (χ0) is 27.9. The average molecular weight is 546 g/mol. The highest BCUT2D eigenvalue weighted by molar-refractivity contribution is 6.01. The molecule has 210 valence electrons. The number of fused-ring (bicyclic) bond motifs is 2. The number of H-pyrrole nitrogens is 2. The van der Waals surface area contributed by atoms with Crippen molar-refractivity contribution in [2.75, 3.05) is 57.4 Å². The Bertz CT molecular complexity index is 1550. The van der Waals surface area contributed by atoms with E-state index in [0.29, 0.717) is 49.7 Å². The van der Waals surface area contributed by atoms with E-state index in [-0.39, 0.29) is 12.0 Å². The van der Waals surface area contributed by atoms with E-state index in [2.05, 4.69) is 32.2 Å². The minimum Gasteiger partial charge on any atom is -0.444 e. The molecule has 0 spiro atoms. The summed E-state index contributed by atoms with van der Waals surface area (Å²) in [6, 6.07) is 11.8. The van der Waals surface area contributed by atoms with E-state index in [4.69, 9.17) is 14.5 Å². The molecule has 4 aromatic rings. The van der Waals surface area contributed by atoms with Gasteiger partial charge >= 0.3 is 6.09 Å². The molecule has 11 nitrogen and oxygen atoms in total. The quantitative estimate of drug-likeness (QED) is 0.399. The molecule has 0 unspecified atom stereocenters. The molecular weight excluding hydrogens is 510 g/mol. The summed E-state index contributed by atoms with van der Waals surface area (Å²) >= 11 is 0. The highest BCUT2D eigenvalue weighted by Crippen LogP contribution is 2.29. The Morgan fingerprint density at radius 1 is 0.925 bits per heavy atom. The highest BCUT2D eigenvalue weighted by atomic mass is 16.6. The number of hydrogen-bond acceptors (Lipinski definition) is 7. The van der Waals surface area contributed by atoms with Crippen LogP contribution >= 0.6 is 0 Å². The maximum absolute atomic E-state index is 13.5. The van der Waals surface area contributed by atoms with Crippen molar-refractivity contribution in [1.29, 1.82) is 0 Å². The van der Waals surface area contributed by atoms with Crippen LogP contribution in [0, 0.1) is 0 Å². The normalized spacial score (nSPS) is 16.9. The monoisotopic (exact) mass is 545 g/mol. The number of carbonyl (C=O) groups excluding carboxylic acids is 2. The third-order valence-corrected chi connectivity index (χ3v) is 7.31. The van der Waals surface area contributed by atoms with E-state index in [9.17, 15) is 9.59 Å². The maximum atomic E-state index is 13.5. The van der Waals surface area contributed by atoms with E-state index in [1.54, 1.807) is 9.80 Å². The fraction of sp³-hybridized carbons (Fsp3) is 0.448. The second-order valence-corrected chi connectivity index (χ2v) is 11.3. The number of carbonyl (C=O) groups is 2. The van der Waals surface area contributed by atoms with Crippen LogP contribution in [0.4, 0.5) is 10.5 Å². The second-order valence-electron chi connectivity index (χ2n) is 11.3. The Morgan fingerprint density at radius 3 is 2.50 bits per heavy atom. The summed E-state index contributed by atoms with van der Waals surface area (Å²) in [5.41, 5.74) is 4.44. The smallest absolute Gasteiger partial charge is 0.410 e. The van der Waals surface area contributed by atoms with Crippen LogP contribution in [-0.2, 0) is 9.47 Å². The molecule has 0 saturated carbocycles. The number of morpholine rings is 1. The maximum Gasteiger partial charge on any atom is 0.410 e. The number of anilines is 1. The van der Waals surface area contributed by atoms with Gasteiger partial charge < -0.3 is 29.2 Å². The molecule has 6 rings (SSSR count). The van der Waals surface area contributed by atoms with Crippen molar-refractivity contribution < 1.29 is 19.1 Å². The Hall–Kier alpha value is -4.12. The van der Waals surface area contributed by atoms with Gasteiger partial charge in [0, 0.05) is 55.9 Å². The Morgan fingerprint density at radius 2 is 1.70 bits per heavy atom. The Balaban J connectivity index is 1.22. The minimum absolute atomic E-state index is 0.0696. The van der Waals surface area contributed by atoms with Crippen molar-refractivity contribution in [2.45, 2.75) is 32.8 Å². The molecule has 11 heteroatoms. The van der Waals surface area contributed by atoms with Crippen LogP contribution in [0.5, 0.6) is 0 Å². The molecule has 40 heavy (non-hydrogen) atoms. The van der Waals surface area contributed by atoms with Gasteiger partial charge in [-0.1, -0.05) is 0 Å². The molecule has 2 saturated heterocycles. The molecule has 0 aliphatic carbocycles. The van der Waals surface area contributed by atoms with Gasteiger partial charge in [0.2, 0.25) is 0 Å². The van der Waals surface area contributed by atoms with Gasteiger partial charge in [0.05, 0.1) is 29.8 Å². The predicted molar refractivity (Wildman–Crippen MR) is 153 cm³/mol. The van der Waals surface area contributed by atoms with Crippen LogP contribution in [0.1, 0.15) is 37.6 Å². The first-order chi connectivity index (χ1) is 19.2. The zero-order valence-corrected chi connectivity index (χ0v) is 23.2. The number of nitrogens with one attached hydrogen (secondary N) is 2. The molecule has 2 N–H and O–H groups in total. The van der Waals surface area contributed by atoms with E-state index in [1.807, 2.05) is 45.0 Å². The number of ether oxygens (including phenoxy) is 2. The number of imidazole rings is 1. The van der Waals surface area contributed by atoms with E-state index >= 15 is 0 Å². The van der Waals surface area contributed by atoms with Crippen molar-refractivity contribution >= 4 is 39.6 Å². The highest BCUT2D eigenvalue weighted by Gasteiger charge is 2.27. The summed E-state index contributed by atoms with van der Waals surface area (Å²) in [6.45, 7) is 10.8. The van der Waals surface area contributed by atoms with Crippen LogP contribution in [0.3, 0.4) is 0 Å². The number of amides is 2. The van der Waals surface area contributed by atoms with Crippen LogP contribution in [0.25, 0.3) is 33.5 Å². The zero-order valence-electron chi connectivity index (χ0n) is 23.2. The van der Waals surface area contributed by atoms with Gasteiger partial charge in [-0.25, -0.2) is 9.78 Å². The third-order valence-electron chi connectivity index (χ3n) is 7.31. The van der Waals surface area contributed by atoms with Gasteiger partial charge in [0.1, 0.15) is 11.3 Å². The molecule has 2 aliphatic rings.